The summed E-state index contributed by atoms with van der Waals surface area (Å²) in [4.78, 5) is 12.3. The van der Waals surface area contributed by atoms with Crippen LogP contribution in [0, 0.1) is 5.92 Å². The Balaban J connectivity index is 2.11. The molecule has 0 unspecified atom stereocenters. The van der Waals surface area contributed by atoms with Crippen LogP contribution in [-0.4, -0.2) is 42.5 Å². The second-order valence-electron chi connectivity index (χ2n) is 3.69. The Labute approximate surface area is 79.7 Å². The fourth-order valence-electron chi connectivity index (χ4n) is 1.90. The van der Waals surface area contributed by atoms with Crippen molar-refractivity contribution in [3.63, 3.8) is 0 Å². The van der Waals surface area contributed by atoms with E-state index in [9.17, 15) is 4.79 Å². The van der Waals surface area contributed by atoms with E-state index in [1.54, 1.807) is 0 Å². The zero-order valence-corrected chi connectivity index (χ0v) is 8.04. The Kier molecular flexibility index (Phi) is 5.01. The molecule has 0 bridgehead atoms. The van der Waals surface area contributed by atoms with Gasteiger partial charge in [-0.15, -0.1) is 0 Å². The molecular formula is C10H18NO2. The van der Waals surface area contributed by atoms with Crippen molar-refractivity contribution in [3.05, 3.63) is 0 Å². The van der Waals surface area contributed by atoms with Crippen molar-refractivity contribution in [1.29, 1.82) is 0 Å². The van der Waals surface area contributed by atoms with Gasteiger partial charge in [0, 0.05) is 13.0 Å². The number of likely N-dealkylation sites (tertiary alicyclic amines) is 1. The van der Waals surface area contributed by atoms with Gasteiger partial charge >= 0.3 is 0 Å². The molecule has 75 valence electrons. The standard InChI is InChI=1S/C10H18NO2/c12-8-1-2-10-3-5-11(6-4-10)7-9-13/h10,13H,1-7,9H2. The van der Waals surface area contributed by atoms with E-state index >= 15 is 0 Å². The van der Waals surface area contributed by atoms with Crippen LogP contribution < -0.4 is 0 Å². The van der Waals surface area contributed by atoms with E-state index in [2.05, 4.69) is 4.90 Å². The molecule has 0 amide bonds. The highest BCUT2D eigenvalue weighted by Gasteiger charge is 2.17. The summed E-state index contributed by atoms with van der Waals surface area (Å²) in [6.07, 6.45) is 5.87. The molecule has 13 heavy (non-hydrogen) atoms. The van der Waals surface area contributed by atoms with Crippen molar-refractivity contribution in [1.82, 2.24) is 4.90 Å². The SMILES string of the molecule is O=[C]CCC1CCN(CCO)CC1. The molecular weight excluding hydrogens is 166 g/mol. The summed E-state index contributed by atoms with van der Waals surface area (Å²) in [5.74, 6) is 0.705. The first-order valence-corrected chi connectivity index (χ1v) is 5.05. The highest BCUT2D eigenvalue weighted by Crippen LogP contribution is 2.20. The fraction of sp³-hybridized carbons (Fsp3) is 0.900. The third-order valence-corrected chi connectivity index (χ3v) is 2.78. The number of carbonyl (C=O) groups excluding carboxylic acids is 1. The smallest absolute Gasteiger partial charge is 0.198 e. The minimum absolute atomic E-state index is 0.257. The van der Waals surface area contributed by atoms with Crippen LogP contribution in [0.4, 0.5) is 0 Å². The van der Waals surface area contributed by atoms with Gasteiger partial charge < -0.3 is 10.0 Å². The number of rotatable bonds is 5. The van der Waals surface area contributed by atoms with Gasteiger partial charge in [-0.25, -0.2) is 0 Å². The number of hydrogen-bond donors (Lipinski definition) is 1. The molecule has 1 rings (SSSR count). The van der Waals surface area contributed by atoms with Crippen molar-refractivity contribution in [3.8, 4) is 0 Å². The van der Waals surface area contributed by atoms with E-state index in [1.165, 1.54) is 12.8 Å². The molecule has 1 aliphatic heterocycles. The van der Waals surface area contributed by atoms with Gasteiger partial charge in [0.1, 0.15) is 0 Å². The highest BCUT2D eigenvalue weighted by atomic mass is 16.3. The zero-order chi connectivity index (χ0) is 9.52. The molecule has 0 aromatic heterocycles. The molecule has 1 saturated heterocycles. The number of hydrogen-bond acceptors (Lipinski definition) is 3. The highest BCUT2D eigenvalue weighted by molar-refractivity contribution is 5.50. The van der Waals surface area contributed by atoms with E-state index in [4.69, 9.17) is 5.11 Å². The summed E-state index contributed by atoms with van der Waals surface area (Å²) >= 11 is 0. The van der Waals surface area contributed by atoms with E-state index in [-0.39, 0.29) is 6.61 Å². The molecule has 0 aliphatic carbocycles. The van der Waals surface area contributed by atoms with Crippen molar-refractivity contribution in [2.24, 2.45) is 5.92 Å². The lowest BCUT2D eigenvalue weighted by Gasteiger charge is -2.31. The van der Waals surface area contributed by atoms with Gasteiger partial charge in [0.25, 0.3) is 0 Å². The van der Waals surface area contributed by atoms with E-state index in [0.717, 1.165) is 26.1 Å². The van der Waals surface area contributed by atoms with Crippen molar-refractivity contribution in [2.75, 3.05) is 26.2 Å². The monoisotopic (exact) mass is 184 g/mol. The largest absolute Gasteiger partial charge is 0.395 e. The summed E-state index contributed by atoms with van der Waals surface area (Å²) in [6.45, 7) is 3.20. The number of aliphatic hydroxyl groups excluding tert-OH is 1. The summed E-state index contributed by atoms with van der Waals surface area (Å²) in [5, 5.41) is 8.73. The Morgan fingerprint density at radius 1 is 1.38 bits per heavy atom. The molecule has 0 spiro atoms. The number of β-amino-alcohol motifs (C(OH)–C–C–N with tert-alkyl or cyclic N) is 1. The minimum atomic E-state index is 0.257. The van der Waals surface area contributed by atoms with Crippen LogP contribution in [0.15, 0.2) is 0 Å². The van der Waals surface area contributed by atoms with Crippen LogP contribution in [0.5, 0.6) is 0 Å². The number of aliphatic hydroxyl groups is 1. The molecule has 3 heteroatoms. The summed E-state index contributed by atoms with van der Waals surface area (Å²) < 4.78 is 0. The lowest BCUT2D eigenvalue weighted by Crippen LogP contribution is -2.35. The van der Waals surface area contributed by atoms with Crippen molar-refractivity contribution in [2.45, 2.75) is 25.7 Å². The van der Waals surface area contributed by atoms with Gasteiger partial charge in [-0.3, -0.25) is 4.79 Å². The maximum Gasteiger partial charge on any atom is 0.198 e. The zero-order valence-electron chi connectivity index (χ0n) is 8.04. The molecule has 0 atom stereocenters. The topological polar surface area (TPSA) is 40.5 Å². The number of nitrogens with zero attached hydrogens (tertiary/aromatic N) is 1. The van der Waals surface area contributed by atoms with E-state index in [1.807, 2.05) is 6.29 Å². The van der Waals surface area contributed by atoms with Crippen molar-refractivity contribution < 1.29 is 9.90 Å². The molecule has 0 saturated carbocycles. The molecule has 1 heterocycles. The lowest BCUT2D eigenvalue weighted by atomic mass is 9.92. The Morgan fingerprint density at radius 3 is 2.62 bits per heavy atom. The number of piperidine rings is 1. The van der Waals surface area contributed by atoms with Gasteiger partial charge in [-0.1, -0.05) is 0 Å². The second-order valence-corrected chi connectivity index (χ2v) is 3.69. The maximum absolute atomic E-state index is 10.0. The molecule has 0 aromatic rings. The third-order valence-electron chi connectivity index (χ3n) is 2.78. The Bertz CT molecular complexity index is 142. The first-order chi connectivity index (χ1) is 6.36. The predicted molar refractivity (Wildman–Crippen MR) is 51.2 cm³/mol. The van der Waals surface area contributed by atoms with Gasteiger partial charge in [0.05, 0.1) is 6.61 Å². The first kappa shape index (κ1) is 10.7. The van der Waals surface area contributed by atoms with E-state index < -0.39 is 0 Å². The molecule has 1 N–H and O–H groups in total. The van der Waals surface area contributed by atoms with Crippen LogP contribution in [0.2, 0.25) is 0 Å². The maximum atomic E-state index is 10.0. The van der Waals surface area contributed by atoms with Crippen LogP contribution in [0.25, 0.3) is 0 Å². The summed E-state index contributed by atoms with van der Waals surface area (Å²) in [7, 11) is 0. The average molecular weight is 184 g/mol. The molecule has 0 aromatic carbocycles. The first-order valence-electron chi connectivity index (χ1n) is 5.05. The van der Waals surface area contributed by atoms with Gasteiger partial charge in [-0.2, -0.15) is 0 Å². The summed E-state index contributed by atoms with van der Waals surface area (Å²) in [6, 6.07) is 0. The quantitative estimate of drug-likeness (QED) is 0.679. The molecule has 3 nitrogen and oxygen atoms in total. The van der Waals surface area contributed by atoms with Crippen LogP contribution in [0.1, 0.15) is 25.7 Å². The second kappa shape index (κ2) is 6.11. The molecule has 1 radical (unpaired) electrons. The fourth-order valence-corrected chi connectivity index (χ4v) is 1.90. The lowest BCUT2D eigenvalue weighted by molar-refractivity contribution is 0.145. The van der Waals surface area contributed by atoms with Gasteiger partial charge in [-0.05, 0) is 38.3 Å². The normalized spacial score (nSPS) is 20.4. The van der Waals surface area contributed by atoms with Crippen LogP contribution in [-0.2, 0) is 4.79 Å². The van der Waals surface area contributed by atoms with Crippen molar-refractivity contribution >= 4 is 6.29 Å². The van der Waals surface area contributed by atoms with Crippen LogP contribution >= 0.6 is 0 Å². The summed E-state index contributed by atoms with van der Waals surface area (Å²) in [5.41, 5.74) is 0. The Hall–Kier alpha value is -0.410. The molecule has 1 aliphatic rings. The third kappa shape index (κ3) is 3.87. The molecule has 1 fully saturated rings. The minimum Gasteiger partial charge on any atom is -0.395 e. The van der Waals surface area contributed by atoms with E-state index in [0.29, 0.717) is 12.3 Å². The Morgan fingerprint density at radius 2 is 2.08 bits per heavy atom. The van der Waals surface area contributed by atoms with Crippen LogP contribution in [0.3, 0.4) is 0 Å². The average Bonchev–Trinajstić information content (AvgIpc) is 2.17. The van der Waals surface area contributed by atoms with Gasteiger partial charge in [0.15, 0.2) is 6.29 Å². The predicted octanol–water partition coefficient (Wildman–Crippen LogP) is 0.581. The van der Waals surface area contributed by atoms with Gasteiger partial charge in [0.2, 0.25) is 0 Å².